The van der Waals surface area contributed by atoms with Gasteiger partial charge in [0, 0.05) is 11.3 Å². The summed E-state index contributed by atoms with van der Waals surface area (Å²) in [4.78, 5) is 5.43. The zero-order valence-corrected chi connectivity index (χ0v) is 35.3. The van der Waals surface area contributed by atoms with Crippen LogP contribution < -0.4 is 5.32 Å². The number of para-hydroxylation sites is 1. The van der Waals surface area contributed by atoms with Crippen LogP contribution in [-0.4, -0.2) is 11.8 Å². The van der Waals surface area contributed by atoms with E-state index in [1.54, 1.807) is 0 Å². The standard InChI is InChI=1S/C55H51IN2/c1-3-5-17-41(4-2)51-32-29-44-23-16-25-53(54(44)58-51)57-52(43-19-8-6-9-20-43)33-31-48-30-26-40(38-55(48)34-14-7-15-35-55)36-46-22-12-13-24-49(46)50(39-56)47-28-27-42-18-10-11-21-45(42)37-47/h3-4,7-8,10-16,18-34,37,39,41,51,58H,1-2,5-6,9,17,35-36,38H2/b33-31+,50-39-,57-52?. The fourth-order valence-electron chi connectivity index (χ4n) is 8.78. The van der Waals surface area contributed by atoms with E-state index in [1.807, 2.05) is 6.08 Å². The Morgan fingerprint density at radius 1 is 0.914 bits per heavy atom. The molecule has 0 radical (unpaired) electrons. The van der Waals surface area contributed by atoms with E-state index in [9.17, 15) is 0 Å². The lowest BCUT2D eigenvalue weighted by Crippen LogP contribution is -2.28. The van der Waals surface area contributed by atoms with Gasteiger partial charge in [0.25, 0.3) is 0 Å². The van der Waals surface area contributed by atoms with Crippen molar-refractivity contribution in [1.29, 1.82) is 0 Å². The molecule has 58 heavy (non-hydrogen) atoms. The second-order valence-electron chi connectivity index (χ2n) is 15.7. The van der Waals surface area contributed by atoms with E-state index < -0.39 is 0 Å². The summed E-state index contributed by atoms with van der Waals surface area (Å²) in [6.07, 6.45) is 40.8. The molecule has 8 rings (SSSR count). The van der Waals surface area contributed by atoms with Gasteiger partial charge in [0.1, 0.15) is 0 Å². The lowest BCUT2D eigenvalue weighted by Gasteiger charge is -2.36. The van der Waals surface area contributed by atoms with E-state index in [2.05, 4.69) is 215 Å². The maximum absolute atomic E-state index is 5.43. The highest BCUT2D eigenvalue weighted by molar-refractivity contribution is 14.1. The second-order valence-corrected chi connectivity index (χ2v) is 16.3. The zero-order valence-electron chi connectivity index (χ0n) is 33.2. The molecule has 3 heteroatoms. The largest absolute Gasteiger partial charge is 0.376 e. The van der Waals surface area contributed by atoms with Crippen LogP contribution in [0.4, 0.5) is 11.4 Å². The van der Waals surface area contributed by atoms with Crippen molar-refractivity contribution in [3.05, 3.63) is 226 Å². The molecule has 288 valence electrons. The maximum Gasteiger partial charge on any atom is 0.0874 e. The molecule has 1 N–H and O–H groups in total. The fourth-order valence-corrected chi connectivity index (χ4v) is 9.48. The second kappa shape index (κ2) is 18.4. The van der Waals surface area contributed by atoms with Crippen LogP contribution in [0, 0.1) is 11.3 Å². The topological polar surface area (TPSA) is 24.4 Å². The fraction of sp³-hybridized carbons (Fsp3) is 0.182. The van der Waals surface area contributed by atoms with Crippen LogP contribution in [0.15, 0.2) is 209 Å². The number of hydrogen-bond donors (Lipinski definition) is 1. The Hall–Kier alpha value is -5.52. The number of rotatable bonds is 13. The van der Waals surface area contributed by atoms with Crippen molar-refractivity contribution in [3.8, 4) is 0 Å². The number of nitrogens with zero attached hydrogens (tertiary/aromatic N) is 1. The minimum atomic E-state index is -0.122. The third-order valence-electron chi connectivity index (χ3n) is 11.9. The van der Waals surface area contributed by atoms with Gasteiger partial charge in [0.15, 0.2) is 0 Å². The van der Waals surface area contributed by atoms with Crippen LogP contribution in [0.5, 0.6) is 0 Å². The number of fused-ring (bicyclic) bond motifs is 2. The summed E-state index contributed by atoms with van der Waals surface area (Å²) >= 11 is 2.42. The molecule has 0 aromatic heterocycles. The summed E-state index contributed by atoms with van der Waals surface area (Å²) in [5.74, 6) is 0.302. The lowest BCUT2D eigenvalue weighted by atomic mass is 9.67. The Bertz CT molecular complexity index is 2530. The minimum absolute atomic E-state index is 0.122. The first-order valence-corrected chi connectivity index (χ1v) is 21.9. The number of anilines is 1. The van der Waals surface area contributed by atoms with E-state index in [0.717, 1.165) is 67.6 Å². The predicted octanol–water partition coefficient (Wildman–Crippen LogP) is 15.1. The van der Waals surface area contributed by atoms with Gasteiger partial charge in [-0.2, -0.15) is 0 Å². The average Bonchev–Trinajstić information content (AvgIpc) is 3.27. The van der Waals surface area contributed by atoms with Gasteiger partial charge in [-0.05, 0) is 117 Å². The monoisotopic (exact) mass is 866 g/mol. The molecule has 0 fully saturated rings. The highest BCUT2D eigenvalue weighted by atomic mass is 127. The van der Waals surface area contributed by atoms with Crippen LogP contribution >= 0.6 is 22.6 Å². The molecule has 3 atom stereocenters. The molecule has 1 aliphatic heterocycles. The van der Waals surface area contributed by atoms with E-state index in [0.29, 0.717) is 5.92 Å². The highest BCUT2D eigenvalue weighted by Crippen LogP contribution is 2.46. The van der Waals surface area contributed by atoms with Crippen molar-refractivity contribution in [1.82, 2.24) is 0 Å². The van der Waals surface area contributed by atoms with Crippen LogP contribution in [0.2, 0.25) is 0 Å². The van der Waals surface area contributed by atoms with E-state index in [1.165, 1.54) is 49.8 Å². The van der Waals surface area contributed by atoms with Gasteiger partial charge in [0.05, 0.1) is 23.1 Å². The van der Waals surface area contributed by atoms with Crippen LogP contribution in [-0.2, 0) is 6.42 Å². The third kappa shape index (κ3) is 8.66. The molecule has 2 nitrogen and oxygen atoms in total. The summed E-state index contributed by atoms with van der Waals surface area (Å²) in [6, 6.07) is 30.9. The van der Waals surface area contributed by atoms with Crippen LogP contribution in [0.1, 0.15) is 60.8 Å². The molecule has 4 aromatic rings. The summed E-state index contributed by atoms with van der Waals surface area (Å²) < 4.78 is 2.24. The normalized spacial score (nSPS) is 20.7. The van der Waals surface area contributed by atoms with Gasteiger partial charge in [0.2, 0.25) is 0 Å². The van der Waals surface area contributed by atoms with E-state index in [-0.39, 0.29) is 11.5 Å². The average molecular weight is 867 g/mol. The van der Waals surface area contributed by atoms with Crippen molar-refractivity contribution in [2.45, 2.75) is 51.0 Å². The van der Waals surface area contributed by atoms with Crippen molar-refractivity contribution in [2.24, 2.45) is 16.3 Å². The number of allylic oxidation sites excluding steroid dienone is 15. The first-order chi connectivity index (χ1) is 28.6. The molecule has 3 aliphatic carbocycles. The molecular formula is C55H51IN2. The van der Waals surface area contributed by atoms with Crippen molar-refractivity contribution in [2.75, 3.05) is 5.32 Å². The van der Waals surface area contributed by atoms with Gasteiger partial charge < -0.3 is 5.32 Å². The van der Waals surface area contributed by atoms with Gasteiger partial charge >= 0.3 is 0 Å². The lowest BCUT2D eigenvalue weighted by molar-refractivity contribution is 0.457. The Morgan fingerprint density at radius 2 is 1.79 bits per heavy atom. The van der Waals surface area contributed by atoms with Crippen molar-refractivity contribution in [3.63, 3.8) is 0 Å². The molecule has 4 aromatic carbocycles. The first-order valence-electron chi connectivity index (χ1n) is 20.6. The van der Waals surface area contributed by atoms with Crippen LogP contribution in [0.25, 0.3) is 22.4 Å². The van der Waals surface area contributed by atoms with E-state index >= 15 is 0 Å². The number of halogens is 1. The van der Waals surface area contributed by atoms with Gasteiger partial charge in [-0.25, -0.2) is 4.99 Å². The number of benzene rings is 4. The smallest absolute Gasteiger partial charge is 0.0874 e. The van der Waals surface area contributed by atoms with Crippen LogP contribution in [0.3, 0.4) is 0 Å². The zero-order chi connectivity index (χ0) is 39.7. The maximum atomic E-state index is 5.43. The molecule has 1 heterocycles. The Balaban J connectivity index is 1.11. The molecule has 0 amide bonds. The van der Waals surface area contributed by atoms with Crippen molar-refractivity contribution < 1.29 is 0 Å². The summed E-state index contributed by atoms with van der Waals surface area (Å²) in [7, 11) is 0. The molecule has 1 spiro atoms. The third-order valence-corrected chi connectivity index (χ3v) is 12.6. The molecular weight excluding hydrogens is 816 g/mol. The van der Waals surface area contributed by atoms with Crippen molar-refractivity contribution >= 4 is 62.1 Å². The molecule has 0 saturated carbocycles. The molecule has 3 unspecified atom stereocenters. The number of hydrogen-bond acceptors (Lipinski definition) is 2. The Kier molecular flexibility index (Phi) is 12.5. The quantitative estimate of drug-likeness (QED) is 0.0808. The SMILES string of the molecule is C=CCCC(C=C)C1C=Cc2cccc(N=C(/C=C/C3=CC=C(Cc4ccccc4/C(=C\I)c4ccc5ccccc5c4)CC34C=CC=CC4)C3=CCCC=C3)c2N1. The molecule has 4 aliphatic rings. The highest BCUT2D eigenvalue weighted by Gasteiger charge is 2.33. The molecule has 0 bridgehead atoms. The minimum Gasteiger partial charge on any atom is -0.376 e. The summed E-state index contributed by atoms with van der Waals surface area (Å²) in [6.45, 7) is 8.10. The van der Waals surface area contributed by atoms with Gasteiger partial charge in [-0.1, -0.05) is 186 Å². The van der Waals surface area contributed by atoms with E-state index in [4.69, 9.17) is 4.99 Å². The number of aliphatic imine (C=N–C) groups is 1. The first kappa shape index (κ1) is 39.3. The number of nitrogens with one attached hydrogen (secondary N) is 1. The Morgan fingerprint density at radius 3 is 2.60 bits per heavy atom. The predicted molar refractivity (Wildman–Crippen MR) is 260 cm³/mol. The summed E-state index contributed by atoms with van der Waals surface area (Å²) in [5.41, 5.74) is 13.1. The van der Waals surface area contributed by atoms with Gasteiger partial charge in [-0.3, -0.25) is 0 Å². The Labute approximate surface area is 358 Å². The summed E-state index contributed by atoms with van der Waals surface area (Å²) in [5, 5.41) is 6.37. The van der Waals surface area contributed by atoms with Gasteiger partial charge in [-0.15, -0.1) is 13.2 Å². The molecule has 0 saturated heterocycles.